The maximum atomic E-state index is 11.9. The first-order chi connectivity index (χ1) is 10.0. The van der Waals surface area contributed by atoms with Gasteiger partial charge in [0.15, 0.2) is 0 Å². The van der Waals surface area contributed by atoms with Crippen LogP contribution < -0.4 is 0 Å². The van der Waals surface area contributed by atoms with Gasteiger partial charge in [-0.2, -0.15) is 0 Å². The predicted molar refractivity (Wildman–Crippen MR) is 74.3 cm³/mol. The van der Waals surface area contributed by atoms with Crippen molar-refractivity contribution in [3.8, 4) is 0 Å². The zero-order chi connectivity index (χ0) is 15.0. The Balaban J connectivity index is 1.70. The molecule has 1 unspecified atom stereocenters. The van der Waals surface area contributed by atoms with E-state index in [-0.39, 0.29) is 12.3 Å². The largest absolute Gasteiger partial charge is 0.481 e. The van der Waals surface area contributed by atoms with E-state index in [2.05, 4.69) is 14.9 Å². The average Bonchev–Trinajstić information content (AvgIpc) is 3.04. The first-order valence-corrected chi connectivity index (χ1v) is 7.22. The van der Waals surface area contributed by atoms with Gasteiger partial charge in [-0.25, -0.2) is 4.98 Å². The van der Waals surface area contributed by atoms with Crippen LogP contribution in [0, 0.1) is 5.92 Å². The Morgan fingerprint density at radius 1 is 1.52 bits per heavy atom. The van der Waals surface area contributed by atoms with Gasteiger partial charge < -0.3 is 15.0 Å². The van der Waals surface area contributed by atoms with Crippen LogP contribution in [0.2, 0.25) is 0 Å². The van der Waals surface area contributed by atoms with Gasteiger partial charge in [0.1, 0.15) is 0 Å². The van der Waals surface area contributed by atoms with Crippen LogP contribution in [-0.4, -0.2) is 62.4 Å². The number of aromatic amines is 1. The van der Waals surface area contributed by atoms with Gasteiger partial charge in [-0.05, 0) is 12.8 Å². The minimum absolute atomic E-state index is 0.0515. The Bertz CT molecular complexity index is 534. The lowest BCUT2D eigenvalue weighted by Gasteiger charge is -2.45. The van der Waals surface area contributed by atoms with E-state index < -0.39 is 17.4 Å². The fraction of sp³-hybridized carbons (Fsp3) is 0.643. The molecule has 2 fully saturated rings. The summed E-state index contributed by atoms with van der Waals surface area (Å²) in [6.45, 7) is 2.37. The lowest BCUT2D eigenvalue weighted by Crippen LogP contribution is -2.55. The van der Waals surface area contributed by atoms with Gasteiger partial charge in [-0.1, -0.05) is 0 Å². The third kappa shape index (κ3) is 2.31. The van der Waals surface area contributed by atoms with Crippen molar-refractivity contribution in [1.29, 1.82) is 0 Å². The van der Waals surface area contributed by atoms with Crippen LogP contribution in [0.5, 0.6) is 0 Å². The summed E-state index contributed by atoms with van der Waals surface area (Å²) in [7, 11) is 1.75. The highest BCUT2D eigenvalue weighted by Crippen LogP contribution is 2.42. The molecule has 1 aromatic heterocycles. The lowest BCUT2D eigenvalue weighted by atomic mass is 9.77. The molecule has 1 aromatic rings. The number of aromatic nitrogens is 2. The number of aliphatic carboxylic acids is 1. The van der Waals surface area contributed by atoms with Crippen LogP contribution in [0.25, 0.3) is 0 Å². The lowest BCUT2D eigenvalue weighted by molar-refractivity contribution is -0.146. The van der Waals surface area contributed by atoms with E-state index in [0.717, 1.165) is 25.3 Å². The van der Waals surface area contributed by atoms with Crippen LogP contribution in [-0.2, 0) is 16.1 Å². The van der Waals surface area contributed by atoms with E-state index in [1.807, 2.05) is 0 Å². The van der Waals surface area contributed by atoms with Gasteiger partial charge >= 0.3 is 5.97 Å². The van der Waals surface area contributed by atoms with Crippen molar-refractivity contribution in [2.75, 3.05) is 20.1 Å². The molecule has 21 heavy (non-hydrogen) atoms. The molecule has 2 saturated heterocycles. The molecule has 0 aliphatic carbocycles. The summed E-state index contributed by atoms with van der Waals surface area (Å²) in [6.07, 6.45) is 5.01. The summed E-state index contributed by atoms with van der Waals surface area (Å²) >= 11 is 0. The van der Waals surface area contributed by atoms with Crippen LogP contribution in [0.15, 0.2) is 12.5 Å². The molecule has 1 amide bonds. The SMILES string of the molecule is CN1C(=O)CC(C(=O)O)C12CCN(Cc1cnc[nH]1)CC2. The first-order valence-electron chi connectivity index (χ1n) is 7.22. The van der Waals surface area contributed by atoms with Gasteiger partial charge in [0, 0.05) is 45.0 Å². The first kappa shape index (κ1) is 14.1. The van der Waals surface area contributed by atoms with Gasteiger partial charge in [0.05, 0.1) is 17.8 Å². The molecule has 7 nitrogen and oxygen atoms in total. The third-order valence-corrected chi connectivity index (χ3v) is 5.04. The maximum absolute atomic E-state index is 11.9. The summed E-state index contributed by atoms with van der Waals surface area (Å²) in [5.74, 6) is -1.48. The molecule has 2 aliphatic rings. The standard InChI is InChI=1S/C14H20N4O3/c1-17-12(19)6-11(13(20)21)14(17)2-4-18(5-3-14)8-10-7-15-9-16-10/h7,9,11H,2-6,8H2,1H3,(H,15,16)(H,20,21). The monoisotopic (exact) mass is 292 g/mol. The van der Waals surface area contributed by atoms with Crippen molar-refractivity contribution < 1.29 is 14.7 Å². The molecule has 3 rings (SSSR count). The van der Waals surface area contributed by atoms with E-state index in [0.29, 0.717) is 12.8 Å². The Morgan fingerprint density at radius 2 is 2.24 bits per heavy atom. The Kier molecular flexibility index (Phi) is 3.44. The molecule has 1 spiro atoms. The number of nitrogens with zero attached hydrogens (tertiary/aromatic N) is 3. The number of hydrogen-bond donors (Lipinski definition) is 2. The molecule has 0 bridgehead atoms. The van der Waals surface area contributed by atoms with Crippen molar-refractivity contribution in [3.05, 3.63) is 18.2 Å². The summed E-state index contributed by atoms with van der Waals surface area (Å²) < 4.78 is 0. The summed E-state index contributed by atoms with van der Waals surface area (Å²) in [5, 5.41) is 9.43. The molecule has 7 heteroatoms. The Morgan fingerprint density at radius 3 is 2.81 bits per heavy atom. The summed E-state index contributed by atoms with van der Waals surface area (Å²) in [5.41, 5.74) is 0.546. The highest BCUT2D eigenvalue weighted by atomic mass is 16.4. The normalized spacial score (nSPS) is 25.7. The zero-order valence-electron chi connectivity index (χ0n) is 12.1. The van der Waals surface area contributed by atoms with Gasteiger partial charge in [0.2, 0.25) is 5.91 Å². The zero-order valence-corrected chi connectivity index (χ0v) is 12.1. The van der Waals surface area contributed by atoms with E-state index in [9.17, 15) is 14.7 Å². The fourth-order valence-corrected chi connectivity index (χ4v) is 3.70. The number of hydrogen-bond acceptors (Lipinski definition) is 4. The highest BCUT2D eigenvalue weighted by molar-refractivity contribution is 5.88. The van der Waals surface area contributed by atoms with Crippen LogP contribution in [0.4, 0.5) is 0 Å². The molecular weight excluding hydrogens is 272 g/mol. The number of nitrogens with one attached hydrogen (secondary N) is 1. The van der Waals surface area contributed by atoms with E-state index in [1.54, 1.807) is 24.5 Å². The minimum atomic E-state index is -0.852. The molecule has 0 radical (unpaired) electrons. The van der Waals surface area contributed by atoms with E-state index in [1.165, 1.54) is 0 Å². The molecule has 2 N–H and O–H groups in total. The van der Waals surface area contributed by atoms with Crippen molar-refractivity contribution >= 4 is 11.9 Å². The number of likely N-dealkylation sites (tertiary alicyclic amines) is 2. The number of H-pyrrole nitrogens is 1. The quantitative estimate of drug-likeness (QED) is 0.837. The van der Waals surface area contributed by atoms with E-state index in [4.69, 9.17) is 0 Å². The van der Waals surface area contributed by atoms with Crippen molar-refractivity contribution in [2.24, 2.45) is 5.92 Å². The van der Waals surface area contributed by atoms with Crippen LogP contribution >= 0.6 is 0 Å². The Labute approximate surface area is 122 Å². The van der Waals surface area contributed by atoms with Crippen LogP contribution in [0.3, 0.4) is 0 Å². The number of piperidine rings is 1. The number of carbonyl (C=O) groups excluding carboxylic acids is 1. The molecule has 1 atom stereocenters. The topological polar surface area (TPSA) is 89.5 Å². The number of amides is 1. The molecule has 0 aromatic carbocycles. The molecule has 2 aliphatic heterocycles. The second-order valence-electron chi connectivity index (χ2n) is 6.00. The molecule has 3 heterocycles. The maximum Gasteiger partial charge on any atom is 0.309 e. The smallest absolute Gasteiger partial charge is 0.309 e. The van der Waals surface area contributed by atoms with Crippen LogP contribution in [0.1, 0.15) is 25.0 Å². The number of imidazole rings is 1. The van der Waals surface area contributed by atoms with Gasteiger partial charge in [0.25, 0.3) is 0 Å². The minimum Gasteiger partial charge on any atom is -0.481 e. The van der Waals surface area contributed by atoms with Gasteiger partial charge in [-0.15, -0.1) is 0 Å². The number of carbonyl (C=O) groups is 2. The predicted octanol–water partition coefficient (Wildman–Crippen LogP) is 0.307. The number of carboxylic acids is 1. The fourth-order valence-electron chi connectivity index (χ4n) is 3.70. The van der Waals surface area contributed by atoms with Crippen molar-refractivity contribution in [2.45, 2.75) is 31.3 Å². The van der Waals surface area contributed by atoms with Crippen molar-refractivity contribution in [1.82, 2.24) is 19.8 Å². The second-order valence-corrected chi connectivity index (χ2v) is 6.00. The average molecular weight is 292 g/mol. The number of rotatable bonds is 3. The molecular formula is C14H20N4O3. The van der Waals surface area contributed by atoms with Crippen molar-refractivity contribution in [3.63, 3.8) is 0 Å². The summed E-state index contributed by atoms with van der Waals surface area (Å²) in [4.78, 5) is 34.5. The highest BCUT2D eigenvalue weighted by Gasteiger charge is 2.55. The second kappa shape index (κ2) is 5.14. The third-order valence-electron chi connectivity index (χ3n) is 5.04. The Hall–Kier alpha value is -1.89. The molecule has 0 saturated carbocycles. The molecule has 114 valence electrons. The van der Waals surface area contributed by atoms with E-state index >= 15 is 0 Å². The van der Waals surface area contributed by atoms with Gasteiger partial charge in [-0.3, -0.25) is 14.5 Å². The summed E-state index contributed by atoms with van der Waals surface area (Å²) in [6, 6.07) is 0. The number of carboxylic acid groups (broad SMARTS) is 1.